The molecule has 0 radical (unpaired) electrons. The zero-order valence-corrected chi connectivity index (χ0v) is 14.7. The summed E-state index contributed by atoms with van der Waals surface area (Å²) < 4.78 is 16.0. The minimum absolute atomic E-state index is 0.162. The third kappa shape index (κ3) is 3.38. The third-order valence-corrected chi connectivity index (χ3v) is 4.73. The molecule has 1 fully saturated rings. The predicted molar refractivity (Wildman–Crippen MR) is 89.5 cm³/mol. The number of imide groups is 1. The molecule has 8 heteroatoms. The molecule has 3 unspecified atom stereocenters. The highest BCUT2D eigenvalue weighted by Crippen LogP contribution is 2.25. The molecule has 2 N–H and O–H groups in total. The lowest BCUT2D eigenvalue weighted by atomic mass is 10.00. The van der Waals surface area contributed by atoms with Crippen LogP contribution >= 0.6 is 0 Å². The Balaban J connectivity index is 1.53. The van der Waals surface area contributed by atoms with Crippen molar-refractivity contribution >= 4 is 11.8 Å². The first-order chi connectivity index (χ1) is 12.5. The number of fused-ring (bicyclic) bond motifs is 1. The lowest BCUT2D eigenvalue weighted by Crippen LogP contribution is -2.58. The average molecular weight is 365 g/mol. The maximum absolute atomic E-state index is 12.3. The van der Waals surface area contributed by atoms with Gasteiger partial charge in [-0.2, -0.15) is 0 Å². The molecule has 0 bridgehead atoms. The average Bonchev–Trinajstić information content (AvgIpc) is 2.89. The number of rotatable bonds is 6. The topological polar surface area (TPSA) is 106 Å². The second-order valence-electron chi connectivity index (χ2n) is 6.42. The summed E-state index contributed by atoms with van der Waals surface area (Å²) in [7, 11) is 1.40. The zero-order chi connectivity index (χ0) is 18.8. The van der Waals surface area contributed by atoms with Crippen LogP contribution in [0.3, 0.4) is 0 Å². The molecule has 2 aliphatic rings. The first-order valence-corrected chi connectivity index (χ1v) is 8.57. The number of nitrogens with zero attached hydrogens (tertiary/aromatic N) is 1. The molecule has 0 saturated carbocycles. The van der Waals surface area contributed by atoms with Crippen molar-refractivity contribution in [2.45, 2.75) is 44.1 Å². The number of carbonyl (C=O) groups excluding carboxylic acids is 2. The first-order valence-electron chi connectivity index (χ1n) is 8.57. The van der Waals surface area contributed by atoms with Gasteiger partial charge < -0.3 is 24.4 Å². The number of aliphatic hydroxyl groups excluding tert-OH is 2. The Hall–Kier alpha value is -1.84. The number of hydrogen-bond donors (Lipinski definition) is 2. The monoisotopic (exact) mass is 365 g/mol. The number of methoxy groups -OCH3 is 1. The Morgan fingerprint density at radius 3 is 2.31 bits per heavy atom. The number of carbonyl (C=O) groups is 2. The summed E-state index contributed by atoms with van der Waals surface area (Å²) in [4.78, 5) is 25.8. The molecule has 0 spiro atoms. The van der Waals surface area contributed by atoms with Gasteiger partial charge >= 0.3 is 0 Å². The Bertz CT molecular complexity index is 644. The van der Waals surface area contributed by atoms with Gasteiger partial charge in [0.15, 0.2) is 6.29 Å². The molecule has 1 aromatic carbocycles. The first kappa shape index (κ1) is 18.9. The highest BCUT2D eigenvalue weighted by molar-refractivity contribution is 6.21. The zero-order valence-electron chi connectivity index (χ0n) is 14.7. The van der Waals surface area contributed by atoms with E-state index in [0.29, 0.717) is 17.5 Å². The summed E-state index contributed by atoms with van der Waals surface area (Å²) >= 11 is 0. The van der Waals surface area contributed by atoms with Gasteiger partial charge in [-0.1, -0.05) is 12.1 Å². The second kappa shape index (κ2) is 7.81. The van der Waals surface area contributed by atoms with E-state index in [-0.39, 0.29) is 25.0 Å². The van der Waals surface area contributed by atoms with Crippen molar-refractivity contribution < 1.29 is 34.0 Å². The van der Waals surface area contributed by atoms with E-state index in [9.17, 15) is 19.8 Å². The lowest BCUT2D eigenvalue weighted by molar-refractivity contribution is -0.293. The summed E-state index contributed by atoms with van der Waals surface area (Å²) in [6.07, 6.45) is -4.06. The molecule has 2 amide bonds. The van der Waals surface area contributed by atoms with Crippen molar-refractivity contribution in [1.82, 2.24) is 4.90 Å². The highest BCUT2D eigenvalue weighted by Gasteiger charge is 2.43. The van der Waals surface area contributed by atoms with Crippen LogP contribution in [0.25, 0.3) is 0 Å². The Kier molecular flexibility index (Phi) is 5.69. The van der Waals surface area contributed by atoms with Crippen molar-refractivity contribution in [3.63, 3.8) is 0 Å². The van der Waals surface area contributed by atoms with Crippen LogP contribution in [0.15, 0.2) is 24.3 Å². The van der Waals surface area contributed by atoms with Crippen LogP contribution in [0.5, 0.6) is 0 Å². The largest absolute Gasteiger partial charge is 0.388 e. The van der Waals surface area contributed by atoms with Crippen LogP contribution in [0.1, 0.15) is 34.1 Å². The van der Waals surface area contributed by atoms with Crippen molar-refractivity contribution in [2.75, 3.05) is 20.3 Å². The molecule has 2 aliphatic heterocycles. The lowest BCUT2D eigenvalue weighted by Gasteiger charge is -2.40. The van der Waals surface area contributed by atoms with Crippen LogP contribution < -0.4 is 0 Å². The van der Waals surface area contributed by atoms with Gasteiger partial charge in [-0.15, -0.1) is 0 Å². The molecule has 3 rings (SSSR count). The van der Waals surface area contributed by atoms with Gasteiger partial charge in [0, 0.05) is 20.3 Å². The van der Waals surface area contributed by atoms with E-state index < -0.39 is 30.7 Å². The van der Waals surface area contributed by atoms with Crippen molar-refractivity contribution in [1.29, 1.82) is 0 Å². The van der Waals surface area contributed by atoms with Crippen molar-refractivity contribution in [3.05, 3.63) is 35.4 Å². The molecule has 8 nitrogen and oxygen atoms in total. The fraction of sp³-hybridized carbons (Fsp3) is 0.556. The van der Waals surface area contributed by atoms with Crippen LogP contribution in [-0.4, -0.2) is 77.9 Å². The van der Waals surface area contributed by atoms with E-state index in [0.717, 1.165) is 0 Å². The van der Waals surface area contributed by atoms with Gasteiger partial charge in [0.1, 0.15) is 18.3 Å². The van der Waals surface area contributed by atoms with Crippen LogP contribution in [0, 0.1) is 0 Å². The number of aliphatic hydroxyl groups is 2. The highest BCUT2D eigenvalue weighted by atomic mass is 16.7. The summed E-state index contributed by atoms with van der Waals surface area (Å²) in [5, 5.41) is 20.3. The van der Waals surface area contributed by atoms with Crippen molar-refractivity contribution in [2.24, 2.45) is 0 Å². The molecule has 0 aliphatic carbocycles. The number of benzene rings is 1. The van der Waals surface area contributed by atoms with E-state index in [1.165, 1.54) is 12.0 Å². The number of amides is 2. The molecule has 0 aromatic heterocycles. The fourth-order valence-electron chi connectivity index (χ4n) is 3.27. The minimum Gasteiger partial charge on any atom is -0.388 e. The van der Waals surface area contributed by atoms with Crippen LogP contribution in [-0.2, 0) is 14.2 Å². The van der Waals surface area contributed by atoms with Gasteiger partial charge in [0.2, 0.25) is 0 Å². The van der Waals surface area contributed by atoms with Gasteiger partial charge in [-0.05, 0) is 25.5 Å². The number of hydrogen-bond acceptors (Lipinski definition) is 7. The standard InChI is InChI=1S/C18H23NO7/c1-10-13(20)15(14(21)18(24-2)26-10)25-9-5-8-19-16(22)11-6-3-4-7-12(11)17(19)23/h3-4,6-7,10,13-15,18,20-21H,5,8-9H2,1-2H3/t10?,13-,14?,15?,18+/m0/s1. The molecular weight excluding hydrogens is 342 g/mol. The summed E-state index contributed by atoms with van der Waals surface area (Å²) in [6.45, 7) is 2.03. The SMILES string of the molecule is CO[C@@H]1OC(C)[C@H](O)C(OCCCN2C(=O)c3ccccc3C2=O)C1O. The quantitative estimate of drug-likeness (QED) is 0.547. The number of ether oxygens (including phenoxy) is 3. The van der Waals surface area contributed by atoms with Gasteiger partial charge in [0.05, 0.1) is 17.2 Å². The van der Waals surface area contributed by atoms with Crippen LogP contribution in [0.4, 0.5) is 0 Å². The van der Waals surface area contributed by atoms with E-state index in [1.54, 1.807) is 31.2 Å². The summed E-state index contributed by atoms with van der Waals surface area (Å²) in [6, 6.07) is 6.70. The molecule has 2 heterocycles. The third-order valence-electron chi connectivity index (χ3n) is 4.73. The van der Waals surface area contributed by atoms with Gasteiger partial charge in [-0.25, -0.2) is 0 Å². The second-order valence-corrected chi connectivity index (χ2v) is 6.42. The molecule has 26 heavy (non-hydrogen) atoms. The molecule has 5 atom stereocenters. The molecular formula is C18H23NO7. The van der Waals surface area contributed by atoms with Gasteiger partial charge in [0.25, 0.3) is 11.8 Å². The van der Waals surface area contributed by atoms with Crippen molar-refractivity contribution in [3.8, 4) is 0 Å². The summed E-state index contributed by atoms with van der Waals surface area (Å²) in [5.74, 6) is -0.630. The Morgan fingerprint density at radius 1 is 1.12 bits per heavy atom. The van der Waals surface area contributed by atoms with Crippen LogP contribution in [0.2, 0.25) is 0 Å². The van der Waals surface area contributed by atoms with E-state index in [2.05, 4.69) is 0 Å². The van der Waals surface area contributed by atoms with Gasteiger partial charge in [-0.3, -0.25) is 14.5 Å². The fourth-order valence-corrected chi connectivity index (χ4v) is 3.27. The Labute approximate surface area is 151 Å². The summed E-state index contributed by atoms with van der Waals surface area (Å²) in [5.41, 5.74) is 0.816. The molecule has 142 valence electrons. The normalized spacial score (nSPS) is 31.4. The van der Waals surface area contributed by atoms with E-state index >= 15 is 0 Å². The van der Waals surface area contributed by atoms with E-state index in [4.69, 9.17) is 14.2 Å². The molecule has 1 saturated heterocycles. The minimum atomic E-state index is -1.13. The maximum atomic E-state index is 12.3. The predicted octanol–water partition coefficient (Wildman–Crippen LogP) is 0.171. The Morgan fingerprint density at radius 2 is 1.73 bits per heavy atom. The van der Waals surface area contributed by atoms with E-state index in [1.807, 2.05) is 0 Å². The smallest absolute Gasteiger partial charge is 0.261 e. The molecule has 1 aromatic rings. The maximum Gasteiger partial charge on any atom is 0.261 e.